The second kappa shape index (κ2) is 15.8. The van der Waals surface area contributed by atoms with Crippen molar-refractivity contribution in [3.05, 3.63) is 84.9 Å². The first-order valence-electron chi connectivity index (χ1n) is 22.7. The fourth-order valence-corrected chi connectivity index (χ4v) is 10.2. The molecule has 0 radical (unpaired) electrons. The van der Waals surface area contributed by atoms with Gasteiger partial charge in [0.25, 0.3) is 0 Å². The van der Waals surface area contributed by atoms with Gasteiger partial charge in [-0.2, -0.15) is 0 Å². The summed E-state index contributed by atoms with van der Waals surface area (Å²) >= 11 is 0. The number of aromatic nitrogens is 4. The lowest BCUT2D eigenvalue weighted by Gasteiger charge is -2.25. The summed E-state index contributed by atoms with van der Waals surface area (Å²) in [6.07, 6.45) is 0. The highest BCUT2D eigenvalue weighted by molar-refractivity contribution is 6.72. The SMILES string of the molecule is Bc1cc(Oc2cc(-c3nc(-c4ccccc4)nc(-c4ccc5c(c4)oc4ccccc45)n3)c(B)c(B)c2B)c(-n2c3c(B)c(B)c(B)c(B)c3c3c(B)c(B)c(B)c(B)c32)c(B)c1B. The summed E-state index contributed by atoms with van der Waals surface area (Å²) in [5.74, 6) is 3.33. The fraction of sp³-hybridized carbons (Fsp3) is 0. The fourth-order valence-electron chi connectivity index (χ4n) is 10.2. The van der Waals surface area contributed by atoms with Gasteiger partial charge < -0.3 is 13.7 Å². The highest BCUT2D eigenvalue weighted by atomic mass is 16.5. The average Bonchev–Trinajstić information content (AvgIpc) is 3.87. The van der Waals surface area contributed by atoms with Crippen molar-refractivity contribution in [2.45, 2.75) is 0 Å². The second-order valence-corrected chi connectivity index (χ2v) is 18.5. The molecule has 0 spiro atoms. The van der Waals surface area contributed by atoms with Gasteiger partial charge in [-0.05, 0) is 41.1 Å². The van der Waals surface area contributed by atoms with Gasteiger partial charge in [0.15, 0.2) is 17.5 Å². The number of nitrogens with zero attached hydrogens (tertiary/aromatic N) is 4. The number of rotatable bonds is 6. The summed E-state index contributed by atoms with van der Waals surface area (Å²) in [7, 11) is 31.4. The zero-order valence-electron chi connectivity index (χ0n) is 40.2. The summed E-state index contributed by atoms with van der Waals surface area (Å²) < 4.78 is 16.3. The first-order chi connectivity index (χ1) is 31.1. The summed E-state index contributed by atoms with van der Waals surface area (Å²) in [5.41, 5.74) is 25.4. The molecule has 65 heavy (non-hydrogen) atoms. The maximum absolute atomic E-state index is 7.43. The molecule has 0 aliphatic rings. The van der Waals surface area contributed by atoms with E-state index < -0.39 is 0 Å². The topological polar surface area (TPSA) is 66.0 Å². The third-order valence-electron chi connectivity index (χ3n) is 15.3. The Hall–Kier alpha value is -6.14. The lowest BCUT2D eigenvalue weighted by atomic mass is 9.63. The molecule has 3 aromatic heterocycles. The van der Waals surface area contributed by atoms with E-state index in [-0.39, 0.29) is 0 Å². The molecular weight excluding hydrogens is 780 g/mol. The van der Waals surface area contributed by atoms with Crippen LogP contribution in [0.25, 0.3) is 83.6 Å². The highest BCUT2D eigenvalue weighted by Gasteiger charge is 2.27. The van der Waals surface area contributed by atoms with Crippen LogP contribution in [0.3, 0.4) is 0 Å². The number of ether oxygens (including phenoxy) is 1. The van der Waals surface area contributed by atoms with Crippen molar-refractivity contribution in [2.24, 2.45) is 0 Å². The average molecular weight is 822 g/mol. The molecule has 0 atom stereocenters. The van der Waals surface area contributed by atoms with Crippen LogP contribution in [0.5, 0.6) is 11.5 Å². The summed E-state index contributed by atoms with van der Waals surface area (Å²) in [6, 6.07) is 28.9. The molecule has 296 valence electrons. The Labute approximate surface area is 393 Å². The van der Waals surface area contributed by atoms with Crippen LogP contribution in [0.15, 0.2) is 89.3 Å². The van der Waals surface area contributed by atoms with Gasteiger partial charge in [-0.25, -0.2) is 15.0 Å². The number of benzene rings is 7. The second-order valence-electron chi connectivity index (χ2n) is 18.5. The predicted molar refractivity (Wildman–Crippen MR) is 319 cm³/mol. The van der Waals surface area contributed by atoms with Gasteiger partial charge in [0.2, 0.25) is 0 Å². The number of para-hydroxylation sites is 1. The predicted octanol–water partition coefficient (Wildman–Crippen LogP) is -12.7. The lowest BCUT2D eigenvalue weighted by molar-refractivity contribution is 0.486. The lowest BCUT2D eigenvalue weighted by Crippen LogP contribution is -2.49. The minimum Gasteiger partial charge on any atom is -0.456 e. The molecule has 0 unspecified atom stereocenters. The van der Waals surface area contributed by atoms with Crippen LogP contribution >= 0.6 is 0 Å². The van der Waals surface area contributed by atoms with Crippen molar-refractivity contribution in [3.8, 4) is 51.3 Å². The molecular formula is C45H42B14N4O2. The standard InChI is InChI=1S/C45H42B14N4O2/c46-20-14-24(40(37(57)28(20)48)63-41-25(30(50)33(53)35(55)38(41)58)26-31(51)34(54)36(56)39(59)42(26)63)65-23-13-19(27(47)32(52)29(23)49)45-61-43(15-6-2-1-3-7-15)60-44(62-45)16-10-11-18-17-8-4-5-9-21(17)64-22(18)12-16/h1-14H,46-59H2. The zero-order chi connectivity index (χ0) is 45.9. The summed E-state index contributed by atoms with van der Waals surface area (Å²) in [6.45, 7) is 0. The normalized spacial score (nSPS) is 11.6. The van der Waals surface area contributed by atoms with Crippen LogP contribution in [0.1, 0.15) is 0 Å². The van der Waals surface area contributed by atoms with Crippen molar-refractivity contribution in [2.75, 3.05) is 0 Å². The molecule has 10 rings (SSSR count). The van der Waals surface area contributed by atoms with E-state index in [1.54, 1.807) is 0 Å². The van der Waals surface area contributed by atoms with E-state index in [4.69, 9.17) is 24.1 Å². The molecule has 0 aliphatic carbocycles. The molecule has 6 nitrogen and oxygen atoms in total. The maximum Gasteiger partial charge on any atom is 0.164 e. The largest absolute Gasteiger partial charge is 0.456 e. The van der Waals surface area contributed by atoms with Crippen molar-refractivity contribution >= 4 is 230 Å². The first-order valence-corrected chi connectivity index (χ1v) is 22.7. The monoisotopic (exact) mass is 824 g/mol. The van der Waals surface area contributed by atoms with Crippen molar-refractivity contribution in [1.29, 1.82) is 0 Å². The number of furan rings is 1. The Morgan fingerprint density at radius 1 is 0.400 bits per heavy atom. The van der Waals surface area contributed by atoms with Gasteiger partial charge in [0.05, 0.1) is 5.69 Å². The van der Waals surface area contributed by atoms with Gasteiger partial charge in [-0.15, -0.1) is 10.9 Å². The Balaban J connectivity index is 1.21. The number of fused-ring (bicyclic) bond motifs is 6. The van der Waals surface area contributed by atoms with Crippen molar-refractivity contribution in [1.82, 2.24) is 19.5 Å². The molecule has 0 amide bonds. The van der Waals surface area contributed by atoms with Gasteiger partial charge in [0, 0.05) is 38.5 Å². The molecule has 10 aromatic rings. The van der Waals surface area contributed by atoms with Gasteiger partial charge in [-0.3, -0.25) is 0 Å². The quantitative estimate of drug-likeness (QED) is 0.156. The number of hydrogen-bond acceptors (Lipinski definition) is 5. The van der Waals surface area contributed by atoms with E-state index in [1.165, 1.54) is 81.9 Å². The van der Waals surface area contributed by atoms with Crippen LogP contribution in [0, 0.1) is 0 Å². The van der Waals surface area contributed by atoms with Gasteiger partial charge in [0.1, 0.15) is 133 Å². The van der Waals surface area contributed by atoms with E-state index >= 15 is 0 Å². The minimum absolute atomic E-state index is 0.571. The third kappa shape index (κ3) is 6.56. The van der Waals surface area contributed by atoms with E-state index in [9.17, 15) is 0 Å². The molecule has 0 saturated heterocycles. The van der Waals surface area contributed by atoms with Crippen molar-refractivity contribution < 1.29 is 9.15 Å². The Bertz CT molecular complexity index is 3630. The summed E-state index contributed by atoms with van der Waals surface area (Å²) in [5, 5.41) is 4.80. The molecule has 0 N–H and O–H groups in total. The Morgan fingerprint density at radius 2 is 0.938 bits per heavy atom. The van der Waals surface area contributed by atoms with Crippen molar-refractivity contribution in [3.63, 3.8) is 0 Å². The molecule has 0 aliphatic heterocycles. The number of hydrogen-bond donors (Lipinski definition) is 0. The smallest absolute Gasteiger partial charge is 0.164 e. The van der Waals surface area contributed by atoms with Crippen LogP contribution in [0.4, 0.5) is 0 Å². The maximum atomic E-state index is 7.43. The molecule has 0 fully saturated rings. The van der Waals surface area contributed by atoms with Gasteiger partial charge >= 0.3 is 0 Å². The summed E-state index contributed by atoms with van der Waals surface area (Å²) in [4.78, 5) is 15.5. The van der Waals surface area contributed by atoms with Crippen LogP contribution in [0.2, 0.25) is 0 Å². The van der Waals surface area contributed by atoms with E-state index in [0.717, 1.165) is 72.2 Å². The minimum atomic E-state index is 0.571. The molecule has 3 heterocycles. The van der Waals surface area contributed by atoms with Crippen LogP contribution < -0.4 is 81.2 Å². The Kier molecular flexibility index (Phi) is 10.4. The van der Waals surface area contributed by atoms with Crippen LogP contribution in [-0.4, -0.2) is 129 Å². The third-order valence-corrected chi connectivity index (χ3v) is 15.3. The molecule has 0 saturated carbocycles. The van der Waals surface area contributed by atoms with E-state index in [2.05, 4.69) is 145 Å². The Morgan fingerprint density at radius 3 is 1.58 bits per heavy atom. The van der Waals surface area contributed by atoms with Gasteiger partial charge in [-0.1, -0.05) is 120 Å². The zero-order valence-corrected chi connectivity index (χ0v) is 40.2. The molecule has 20 heteroatoms. The highest BCUT2D eigenvalue weighted by Crippen LogP contribution is 2.35. The molecule has 7 aromatic carbocycles. The van der Waals surface area contributed by atoms with E-state index in [0.29, 0.717) is 17.5 Å². The van der Waals surface area contributed by atoms with Crippen LogP contribution in [-0.2, 0) is 0 Å². The first kappa shape index (κ1) is 42.8. The van der Waals surface area contributed by atoms with E-state index in [1.807, 2.05) is 54.6 Å². The molecule has 0 bridgehead atoms.